The Morgan fingerprint density at radius 3 is 2.63 bits per heavy atom. The lowest BCUT2D eigenvalue weighted by atomic mass is 10.2. The third-order valence-electron chi connectivity index (χ3n) is 4.89. The van der Waals surface area contributed by atoms with E-state index >= 15 is 0 Å². The van der Waals surface area contributed by atoms with Gasteiger partial charge in [-0.05, 0) is 36.0 Å². The highest BCUT2D eigenvalue weighted by Gasteiger charge is 2.20. The summed E-state index contributed by atoms with van der Waals surface area (Å²) in [5.41, 5.74) is 1.84. The van der Waals surface area contributed by atoms with Gasteiger partial charge in [-0.3, -0.25) is 4.90 Å². The smallest absolute Gasteiger partial charge is 0.231 e. The van der Waals surface area contributed by atoms with Crippen molar-refractivity contribution >= 4 is 17.3 Å². The van der Waals surface area contributed by atoms with Crippen molar-refractivity contribution < 1.29 is 13.9 Å². The molecular formula is C20H22FN3O2S. The van der Waals surface area contributed by atoms with Crippen LogP contribution >= 0.6 is 12.2 Å². The zero-order valence-electron chi connectivity index (χ0n) is 15.0. The zero-order valence-corrected chi connectivity index (χ0v) is 15.8. The summed E-state index contributed by atoms with van der Waals surface area (Å²) in [5.74, 6) is 1.43. The molecule has 0 atom stereocenters. The SMILES string of the molecule is Fc1ccccc1CN1CCN(C(=S)NCc2ccc3c(c2)OCO3)CC1. The van der Waals surface area contributed by atoms with Crippen LogP contribution in [0.5, 0.6) is 11.5 Å². The van der Waals surface area contributed by atoms with Gasteiger partial charge in [-0.15, -0.1) is 0 Å². The Morgan fingerprint density at radius 2 is 1.81 bits per heavy atom. The van der Waals surface area contributed by atoms with Gasteiger partial charge in [0.25, 0.3) is 0 Å². The number of ether oxygens (including phenoxy) is 2. The average molecular weight is 387 g/mol. The van der Waals surface area contributed by atoms with Crippen molar-refractivity contribution in [1.82, 2.24) is 15.1 Å². The van der Waals surface area contributed by atoms with E-state index in [0.29, 0.717) is 13.1 Å². The highest BCUT2D eigenvalue weighted by atomic mass is 32.1. The topological polar surface area (TPSA) is 37.0 Å². The summed E-state index contributed by atoms with van der Waals surface area (Å²) in [7, 11) is 0. The maximum absolute atomic E-state index is 13.8. The third kappa shape index (κ3) is 4.31. The minimum atomic E-state index is -0.138. The van der Waals surface area contributed by atoms with Crippen LogP contribution in [-0.2, 0) is 13.1 Å². The molecule has 2 aromatic carbocycles. The first-order valence-electron chi connectivity index (χ1n) is 9.06. The van der Waals surface area contributed by atoms with Crippen LogP contribution in [0.1, 0.15) is 11.1 Å². The molecule has 1 fully saturated rings. The molecule has 0 aromatic heterocycles. The average Bonchev–Trinajstić information content (AvgIpc) is 3.16. The van der Waals surface area contributed by atoms with Crippen molar-refractivity contribution in [2.45, 2.75) is 13.1 Å². The molecule has 1 saturated heterocycles. The van der Waals surface area contributed by atoms with Crippen molar-refractivity contribution in [3.05, 3.63) is 59.4 Å². The summed E-state index contributed by atoms with van der Waals surface area (Å²) < 4.78 is 24.5. The van der Waals surface area contributed by atoms with Crippen LogP contribution in [0.3, 0.4) is 0 Å². The van der Waals surface area contributed by atoms with Crippen LogP contribution in [0.4, 0.5) is 4.39 Å². The van der Waals surface area contributed by atoms with Gasteiger partial charge >= 0.3 is 0 Å². The number of halogens is 1. The maximum atomic E-state index is 13.8. The number of hydrogen-bond acceptors (Lipinski definition) is 4. The second-order valence-corrected chi connectivity index (χ2v) is 7.09. The Kier molecular flexibility index (Phi) is 5.40. The maximum Gasteiger partial charge on any atom is 0.231 e. The lowest BCUT2D eigenvalue weighted by Gasteiger charge is -2.36. The van der Waals surface area contributed by atoms with E-state index in [1.807, 2.05) is 30.3 Å². The van der Waals surface area contributed by atoms with E-state index in [9.17, 15) is 4.39 Å². The number of benzene rings is 2. The molecule has 2 aromatic rings. The van der Waals surface area contributed by atoms with Crippen LogP contribution < -0.4 is 14.8 Å². The molecule has 7 heteroatoms. The van der Waals surface area contributed by atoms with Gasteiger partial charge in [-0.2, -0.15) is 0 Å². The number of piperazine rings is 1. The standard InChI is InChI=1S/C20H22FN3O2S/c21-17-4-2-1-3-16(17)13-23-7-9-24(10-8-23)20(27)22-12-15-5-6-18-19(11-15)26-14-25-18/h1-6,11H,7-10,12-14H2,(H,22,27). The molecule has 1 N–H and O–H groups in total. The second-order valence-electron chi connectivity index (χ2n) is 6.70. The third-order valence-corrected chi connectivity index (χ3v) is 5.29. The van der Waals surface area contributed by atoms with Gasteiger partial charge in [-0.25, -0.2) is 4.39 Å². The first-order valence-corrected chi connectivity index (χ1v) is 9.47. The van der Waals surface area contributed by atoms with Crippen LogP contribution in [-0.4, -0.2) is 47.9 Å². The van der Waals surface area contributed by atoms with E-state index in [1.165, 1.54) is 6.07 Å². The summed E-state index contributed by atoms with van der Waals surface area (Å²) in [5, 5.41) is 4.06. The Balaban J connectivity index is 1.24. The molecule has 0 saturated carbocycles. The summed E-state index contributed by atoms with van der Waals surface area (Å²) in [6.45, 7) is 4.95. The van der Waals surface area contributed by atoms with E-state index in [4.69, 9.17) is 21.7 Å². The van der Waals surface area contributed by atoms with E-state index < -0.39 is 0 Å². The summed E-state index contributed by atoms with van der Waals surface area (Å²) in [6.07, 6.45) is 0. The molecule has 142 valence electrons. The fraction of sp³-hybridized carbons (Fsp3) is 0.350. The van der Waals surface area contributed by atoms with Crippen LogP contribution in [0, 0.1) is 5.82 Å². The van der Waals surface area contributed by atoms with Gasteiger partial charge < -0.3 is 19.7 Å². The Hall–Kier alpha value is -2.38. The normalized spacial score (nSPS) is 16.4. The van der Waals surface area contributed by atoms with Crippen LogP contribution in [0.15, 0.2) is 42.5 Å². The van der Waals surface area contributed by atoms with E-state index in [0.717, 1.165) is 53.9 Å². The first kappa shape index (κ1) is 18.0. The molecule has 27 heavy (non-hydrogen) atoms. The molecule has 5 nitrogen and oxygen atoms in total. The number of fused-ring (bicyclic) bond motifs is 1. The van der Waals surface area contributed by atoms with Gasteiger partial charge in [-0.1, -0.05) is 24.3 Å². The molecule has 2 aliphatic heterocycles. The number of nitrogens with one attached hydrogen (secondary N) is 1. The summed E-state index contributed by atoms with van der Waals surface area (Å²) >= 11 is 5.54. The minimum Gasteiger partial charge on any atom is -0.454 e. The fourth-order valence-corrected chi connectivity index (χ4v) is 3.57. The Labute approximate surface area is 163 Å². The van der Waals surface area contributed by atoms with E-state index in [-0.39, 0.29) is 12.6 Å². The monoisotopic (exact) mass is 387 g/mol. The zero-order chi connectivity index (χ0) is 18.6. The molecule has 0 unspecified atom stereocenters. The van der Waals surface area contributed by atoms with Crippen molar-refractivity contribution in [3.63, 3.8) is 0 Å². The number of rotatable bonds is 4. The quantitative estimate of drug-likeness (QED) is 0.813. The van der Waals surface area contributed by atoms with Gasteiger partial charge in [0.05, 0.1) is 0 Å². The number of thiocarbonyl (C=S) groups is 1. The molecule has 4 rings (SSSR count). The van der Waals surface area contributed by atoms with Gasteiger partial charge in [0, 0.05) is 44.8 Å². The first-order chi connectivity index (χ1) is 13.2. The van der Waals surface area contributed by atoms with E-state index in [1.54, 1.807) is 6.07 Å². The highest BCUT2D eigenvalue weighted by molar-refractivity contribution is 7.80. The summed E-state index contributed by atoms with van der Waals surface area (Å²) in [6, 6.07) is 12.9. The summed E-state index contributed by atoms with van der Waals surface area (Å²) in [4.78, 5) is 4.43. The van der Waals surface area contributed by atoms with Crippen molar-refractivity contribution in [2.24, 2.45) is 0 Å². The molecule has 0 bridgehead atoms. The number of nitrogens with zero attached hydrogens (tertiary/aromatic N) is 2. The van der Waals surface area contributed by atoms with Gasteiger partial charge in [0.15, 0.2) is 16.6 Å². The molecule has 0 aliphatic carbocycles. The molecule has 0 amide bonds. The highest BCUT2D eigenvalue weighted by Crippen LogP contribution is 2.32. The van der Waals surface area contributed by atoms with E-state index in [2.05, 4.69) is 15.1 Å². The fourth-order valence-electron chi connectivity index (χ4n) is 3.32. The van der Waals surface area contributed by atoms with Crippen molar-refractivity contribution in [1.29, 1.82) is 0 Å². The van der Waals surface area contributed by atoms with Crippen molar-refractivity contribution in [2.75, 3.05) is 33.0 Å². The predicted octanol–water partition coefficient (Wildman–Crippen LogP) is 2.75. The molecular weight excluding hydrogens is 365 g/mol. The van der Waals surface area contributed by atoms with Crippen molar-refractivity contribution in [3.8, 4) is 11.5 Å². The molecule has 0 radical (unpaired) electrons. The Morgan fingerprint density at radius 1 is 1.04 bits per heavy atom. The molecule has 2 aliphatic rings. The lowest BCUT2D eigenvalue weighted by Crippen LogP contribution is -2.51. The Bertz CT molecular complexity index is 825. The van der Waals surface area contributed by atoms with Gasteiger partial charge in [0.2, 0.25) is 6.79 Å². The molecule has 2 heterocycles. The van der Waals surface area contributed by atoms with Gasteiger partial charge in [0.1, 0.15) is 5.82 Å². The van der Waals surface area contributed by atoms with Crippen LogP contribution in [0.2, 0.25) is 0 Å². The lowest BCUT2D eigenvalue weighted by molar-refractivity contribution is 0.173. The number of hydrogen-bond donors (Lipinski definition) is 1. The predicted molar refractivity (Wildman–Crippen MR) is 105 cm³/mol. The largest absolute Gasteiger partial charge is 0.454 e. The molecule has 0 spiro atoms. The van der Waals surface area contributed by atoms with Crippen LogP contribution in [0.25, 0.3) is 0 Å². The second kappa shape index (κ2) is 8.10. The minimum absolute atomic E-state index is 0.138.